The van der Waals surface area contributed by atoms with E-state index in [9.17, 15) is 14.4 Å². The second-order valence-corrected chi connectivity index (χ2v) is 9.31. The number of carbonyl (C=O) groups excluding carboxylic acids is 3. The van der Waals surface area contributed by atoms with Crippen molar-refractivity contribution in [3.05, 3.63) is 12.2 Å². The number of amides is 3. The third kappa shape index (κ3) is 13.1. The Morgan fingerprint density at radius 3 is 1.77 bits per heavy atom. The van der Waals surface area contributed by atoms with Gasteiger partial charge in [0.05, 0.1) is 0 Å². The minimum Gasteiger partial charge on any atom is -0.444 e. The van der Waals surface area contributed by atoms with E-state index in [4.69, 9.17) is 4.74 Å². The molecule has 180 valence electrons. The van der Waals surface area contributed by atoms with Crippen LogP contribution >= 0.6 is 0 Å². The zero-order chi connectivity index (χ0) is 24.0. The van der Waals surface area contributed by atoms with Gasteiger partial charge in [-0.05, 0) is 45.4 Å². The normalized spacial score (nSPS) is 15.6. The average molecular weight is 440 g/mol. The Kier molecular flexibility index (Phi) is 13.9. The lowest BCUT2D eigenvalue weighted by Crippen LogP contribution is -2.51. The molecule has 0 aromatic heterocycles. The maximum atomic E-state index is 12.5. The molecule has 0 aliphatic carbocycles. The van der Waals surface area contributed by atoms with Gasteiger partial charge in [-0.2, -0.15) is 0 Å². The highest BCUT2D eigenvalue weighted by atomic mass is 16.6. The molecule has 0 heterocycles. The van der Waals surface area contributed by atoms with Crippen molar-refractivity contribution < 1.29 is 19.1 Å². The van der Waals surface area contributed by atoms with E-state index in [1.54, 1.807) is 20.8 Å². The summed E-state index contributed by atoms with van der Waals surface area (Å²) in [6.45, 7) is 16.5. The lowest BCUT2D eigenvalue weighted by atomic mass is 9.93. The summed E-state index contributed by atoms with van der Waals surface area (Å²) in [7, 11) is 0. The summed E-state index contributed by atoms with van der Waals surface area (Å²) < 4.78 is 5.27. The van der Waals surface area contributed by atoms with E-state index in [0.29, 0.717) is 25.4 Å². The molecule has 0 aliphatic rings. The van der Waals surface area contributed by atoms with Crippen molar-refractivity contribution in [2.24, 2.45) is 17.8 Å². The van der Waals surface area contributed by atoms with Crippen molar-refractivity contribution in [2.45, 2.75) is 92.7 Å². The minimum atomic E-state index is -0.633. The number of hydrogen-bond acceptors (Lipinski definition) is 4. The van der Waals surface area contributed by atoms with Crippen LogP contribution in [0.15, 0.2) is 12.2 Å². The van der Waals surface area contributed by atoms with E-state index >= 15 is 0 Å². The Bertz CT molecular complexity index is 584. The maximum Gasteiger partial charge on any atom is 0.408 e. The van der Waals surface area contributed by atoms with Gasteiger partial charge in [0, 0.05) is 19.0 Å². The first-order chi connectivity index (χ1) is 14.4. The molecular weight excluding hydrogens is 394 g/mol. The molecule has 0 aliphatic heterocycles. The molecule has 0 fully saturated rings. The standard InChI is InChI=1S/C24H45N3O4/c1-9-17(3)19(5)21(28)25-15-13-11-12-14-16-26-22(29)20(18(4)10-2)27-23(30)31-24(6,7)8/h11-12,17-20H,9-10,13-16H2,1-8H3,(H,25,28)(H,26,29)(H,27,30)/b12-11-/t17?,18?,19-,20-/m0/s1. The van der Waals surface area contributed by atoms with Crippen LogP contribution in [0.25, 0.3) is 0 Å². The molecule has 7 nitrogen and oxygen atoms in total. The monoisotopic (exact) mass is 439 g/mol. The third-order valence-electron chi connectivity index (χ3n) is 5.47. The minimum absolute atomic E-state index is 0.00973. The summed E-state index contributed by atoms with van der Waals surface area (Å²) >= 11 is 0. The number of alkyl carbamates (subject to hydrolysis) is 1. The molecule has 0 aromatic carbocycles. The molecule has 0 saturated carbocycles. The molecule has 0 rings (SSSR count). The van der Waals surface area contributed by atoms with Gasteiger partial charge < -0.3 is 20.7 Å². The van der Waals surface area contributed by atoms with Crippen molar-refractivity contribution in [3.63, 3.8) is 0 Å². The molecule has 0 spiro atoms. The average Bonchev–Trinajstić information content (AvgIpc) is 2.70. The maximum absolute atomic E-state index is 12.5. The Hall–Kier alpha value is -2.05. The molecule has 4 atom stereocenters. The van der Waals surface area contributed by atoms with Gasteiger partial charge in [0.15, 0.2) is 0 Å². The number of ether oxygens (including phenoxy) is 1. The highest BCUT2D eigenvalue weighted by Gasteiger charge is 2.27. The Balaban J connectivity index is 4.29. The van der Waals surface area contributed by atoms with E-state index in [2.05, 4.69) is 29.8 Å². The zero-order valence-corrected chi connectivity index (χ0v) is 20.8. The van der Waals surface area contributed by atoms with E-state index in [1.165, 1.54) is 0 Å². The SMILES string of the molecule is CCC(C)[C@H](C)C(=O)NCC/C=C\CCNC(=O)[C@@H](NC(=O)OC(C)(C)C)C(C)CC. The number of hydrogen-bond donors (Lipinski definition) is 3. The Labute approximate surface area is 189 Å². The second kappa shape index (κ2) is 14.9. The van der Waals surface area contributed by atoms with Crippen LogP contribution < -0.4 is 16.0 Å². The predicted molar refractivity (Wildman–Crippen MR) is 126 cm³/mol. The van der Waals surface area contributed by atoms with Crippen LogP contribution in [0.3, 0.4) is 0 Å². The van der Waals surface area contributed by atoms with Crippen LogP contribution in [0.2, 0.25) is 0 Å². The van der Waals surface area contributed by atoms with Crippen LogP contribution in [0.1, 0.15) is 81.1 Å². The van der Waals surface area contributed by atoms with E-state index in [1.807, 2.05) is 32.9 Å². The van der Waals surface area contributed by atoms with Crippen molar-refractivity contribution in [3.8, 4) is 0 Å². The summed E-state index contributed by atoms with van der Waals surface area (Å²) in [4.78, 5) is 36.6. The highest BCUT2D eigenvalue weighted by molar-refractivity contribution is 5.86. The number of carbonyl (C=O) groups is 3. The molecular formula is C24H45N3O4. The van der Waals surface area contributed by atoms with E-state index in [-0.39, 0.29) is 23.7 Å². The van der Waals surface area contributed by atoms with Crippen LogP contribution in [0.4, 0.5) is 4.79 Å². The van der Waals surface area contributed by atoms with Crippen LogP contribution in [-0.2, 0) is 14.3 Å². The molecule has 3 amide bonds. The smallest absolute Gasteiger partial charge is 0.408 e. The second-order valence-electron chi connectivity index (χ2n) is 9.31. The molecule has 2 unspecified atom stereocenters. The molecule has 3 N–H and O–H groups in total. The molecule has 0 bridgehead atoms. The van der Waals surface area contributed by atoms with Crippen LogP contribution in [0.5, 0.6) is 0 Å². The summed E-state index contributed by atoms with van der Waals surface area (Å²) in [6.07, 6.45) is 6.60. The van der Waals surface area contributed by atoms with Crippen molar-refractivity contribution in [2.75, 3.05) is 13.1 Å². The Morgan fingerprint density at radius 1 is 0.839 bits per heavy atom. The third-order valence-corrected chi connectivity index (χ3v) is 5.47. The Morgan fingerprint density at radius 2 is 1.32 bits per heavy atom. The van der Waals surface area contributed by atoms with Gasteiger partial charge >= 0.3 is 6.09 Å². The largest absolute Gasteiger partial charge is 0.444 e. The van der Waals surface area contributed by atoms with Crippen molar-refractivity contribution in [1.82, 2.24) is 16.0 Å². The fourth-order valence-corrected chi connectivity index (χ4v) is 2.81. The quantitative estimate of drug-likeness (QED) is 0.296. The van der Waals surface area contributed by atoms with E-state index in [0.717, 1.165) is 19.3 Å². The predicted octanol–water partition coefficient (Wildman–Crippen LogP) is 4.18. The highest BCUT2D eigenvalue weighted by Crippen LogP contribution is 2.14. The van der Waals surface area contributed by atoms with Crippen LogP contribution in [-0.4, -0.2) is 42.6 Å². The van der Waals surface area contributed by atoms with Gasteiger partial charge in [-0.25, -0.2) is 4.79 Å². The fraction of sp³-hybridized carbons (Fsp3) is 0.792. The van der Waals surface area contributed by atoms with Crippen molar-refractivity contribution >= 4 is 17.9 Å². The van der Waals surface area contributed by atoms with Crippen LogP contribution in [0, 0.1) is 17.8 Å². The lowest BCUT2D eigenvalue weighted by Gasteiger charge is -2.26. The first-order valence-electron chi connectivity index (χ1n) is 11.6. The summed E-state index contributed by atoms with van der Waals surface area (Å²) in [5.74, 6) is 0.285. The van der Waals surface area contributed by atoms with Crippen molar-refractivity contribution in [1.29, 1.82) is 0 Å². The first kappa shape index (κ1) is 28.9. The van der Waals surface area contributed by atoms with Gasteiger partial charge in [0.25, 0.3) is 0 Å². The molecule has 0 aromatic rings. The zero-order valence-electron chi connectivity index (χ0n) is 20.8. The summed E-state index contributed by atoms with van der Waals surface area (Å²) in [5.41, 5.74) is -0.614. The molecule has 7 heteroatoms. The van der Waals surface area contributed by atoms with Gasteiger partial charge in [0.2, 0.25) is 11.8 Å². The number of nitrogens with one attached hydrogen (secondary N) is 3. The first-order valence-corrected chi connectivity index (χ1v) is 11.6. The summed E-state index contributed by atoms with van der Waals surface area (Å²) in [6, 6.07) is -0.633. The van der Waals surface area contributed by atoms with E-state index < -0.39 is 17.7 Å². The molecule has 31 heavy (non-hydrogen) atoms. The van der Waals surface area contributed by atoms with Gasteiger partial charge in [-0.15, -0.1) is 0 Å². The number of rotatable bonds is 13. The fourth-order valence-electron chi connectivity index (χ4n) is 2.81. The molecule has 0 saturated heterocycles. The van der Waals surface area contributed by atoms with Gasteiger partial charge in [0.1, 0.15) is 11.6 Å². The van der Waals surface area contributed by atoms with Gasteiger partial charge in [-0.3, -0.25) is 9.59 Å². The molecule has 0 radical (unpaired) electrons. The summed E-state index contributed by atoms with van der Waals surface area (Å²) in [5, 5.41) is 8.53. The topological polar surface area (TPSA) is 96.5 Å². The van der Waals surface area contributed by atoms with Gasteiger partial charge in [-0.1, -0.05) is 59.6 Å². The lowest BCUT2D eigenvalue weighted by molar-refractivity contribution is -0.126.